The summed E-state index contributed by atoms with van der Waals surface area (Å²) in [7, 11) is 0. The van der Waals surface area contributed by atoms with Crippen molar-refractivity contribution in [1.82, 2.24) is 9.78 Å². The van der Waals surface area contributed by atoms with Gasteiger partial charge in [0.05, 0.1) is 39.5 Å². The van der Waals surface area contributed by atoms with Gasteiger partial charge in [0.1, 0.15) is 11.4 Å². The van der Waals surface area contributed by atoms with Crippen LogP contribution < -0.4 is 5.32 Å². The summed E-state index contributed by atoms with van der Waals surface area (Å²) in [5, 5.41) is 29.2. The molecule has 0 spiro atoms. The van der Waals surface area contributed by atoms with E-state index < -0.39 is 32.9 Å². The second kappa shape index (κ2) is 8.48. The van der Waals surface area contributed by atoms with Crippen LogP contribution in [-0.2, 0) is 6.54 Å². The molecule has 10 nitrogen and oxygen atoms in total. The van der Waals surface area contributed by atoms with Crippen LogP contribution >= 0.6 is 11.6 Å². The van der Waals surface area contributed by atoms with Crippen molar-refractivity contribution in [3.63, 3.8) is 0 Å². The molecule has 2 aromatic carbocycles. The highest BCUT2D eigenvalue weighted by atomic mass is 35.5. The molecule has 1 aromatic heterocycles. The molecule has 1 heterocycles. The summed E-state index contributed by atoms with van der Waals surface area (Å²) in [5.74, 6) is -1.34. The fraction of sp³-hybridized carbons (Fsp3) is 0.158. The third kappa shape index (κ3) is 4.36. The number of halogens is 2. The van der Waals surface area contributed by atoms with E-state index in [1.807, 2.05) is 0 Å². The Hall–Kier alpha value is -3.86. The summed E-state index contributed by atoms with van der Waals surface area (Å²) >= 11 is 6.06. The topological polar surface area (TPSA) is 133 Å². The lowest BCUT2D eigenvalue weighted by atomic mass is 10.1. The van der Waals surface area contributed by atoms with Gasteiger partial charge >= 0.3 is 0 Å². The van der Waals surface area contributed by atoms with E-state index in [2.05, 4.69) is 10.4 Å². The van der Waals surface area contributed by atoms with Crippen molar-refractivity contribution in [3.05, 3.63) is 90.0 Å². The predicted octanol–water partition coefficient (Wildman–Crippen LogP) is 4.41. The Morgan fingerprint density at radius 3 is 2.52 bits per heavy atom. The Labute approximate surface area is 179 Å². The Balaban J connectivity index is 1.93. The van der Waals surface area contributed by atoms with Crippen molar-refractivity contribution in [1.29, 1.82) is 0 Å². The van der Waals surface area contributed by atoms with Crippen LogP contribution in [0.15, 0.2) is 36.4 Å². The zero-order valence-corrected chi connectivity index (χ0v) is 17.0. The first-order valence-electron chi connectivity index (χ1n) is 8.81. The van der Waals surface area contributed by atoms with Gasteiger partial charge in [0, 0.05) is 16.7 Å². The van der Waals surface area contributed by atoms with Gasteiger partial charge in [-0.15, -0.1) is 0 Å². The molecule has 12 heteroatoms. The van der Waals surface area contributed by atoms with E-state index in [-0.39, 0.29) is 28.4 Å². The van der Waals surface area contributed by atoms with Crippen LogP contribution in [0.2, 0.25) is 5.02 Å². The van der Waals surface area contributed by atoms with Gasteiger partial charge in [-0.05, 0) is 32.0 Å². The number of nitro groups is 2. The molecule has 0 atom stereocenters. The predicted molar refractivity (Wildman–Crippen MR) is 110 cm³/mol. The minimum Gasteiger partial charge on any atom is -0.319 e. The molecule has 0 saturated heterocycles. The SMILES string of the molecule is Cc1nn(Cc2c(F)cccc2Cl)c(C)c1NC(=O)c1ccc([N+](=O)[O-])cc1[N+](=O)[O-]. The third-order valence-corrected chi connectivity index (χ3v) is 4.98. The van der Waals surface area contributed by atoms with Crippen molar-refractivity contribution >= 4 is 34.6 Å². The van der Waals surface area contributed by atoms with Gasteiger partial charge in [-0.3, -0.25) is 29.7 Å². The number of hydrogen-bond acceptors (Lipinski definition) is 6. The number of carbonyl (C=O) groups is 1. The molecule has 3 rings (SSSR count). The van der Waals surface area contributed by atoms with Crippen molar-refractivity contribution in [2.24, 2.45) is 0 Å². The van der Waals surface area contributed by atoms with Crippen molar-refractivity contribution < 1.29 is 19.0 Å². The van der Waals surface area contributed by atoms with Crippen LogP contribution in [0.5, 0.6) is 0 Å². The molecule has 160 valence electrons. The molecule has 0 fully saturated rings. The molecule has 31 heavy (non-hydrogen) atoms. The summed E-state index contributed by atoms with van der Waals surface area (Å²) in [4.78, 5) is 33.2. The Morgan fingerprint density at radius 1 is 1.19 bits per heavy atom. The molecule has 1 N–H and O–H groups in total. The van der Waals surface area contributed by atoms with Gasteiger partial charge in [0.25, 0.3) is 17.3 Å². The fourth-order valence-electron chi connectivity index (χ4n) is 3.02. The summed E-state index contributed by atoms with van der Waals surface area (Å²) in [6, 6.07) is 7.03. The van der Waals surface area contributed by atoms with Gasteiger partial charge in [-0.2, -0.15) is 5.10 Å². The van der Waals surface area contributed by atoms with E-state index in [0.717, 1.165) is 18.2 Å². The molecular formula is C19H15ClFN5O5. The van der Waals surface area contributed by atoms with Gasteiger partial charge in [0.2, 0.25) is 0 Å². The number of nitrogens with zero attached hydrogens (tertiary/aromatic N) is 4. The summed E-state index contributed by atoms with van der Waals surface area (Å²) in [6.45, 7) is 3.24. The first-order chi connectivity index (χ1) is 14.6. The maximum absolute atomic E-state index is 14.1. The van der Waals surface area contributed by atoms with E-state index in [9.17, 15) is 29.4 Å². The first-order valence-corrected chi connectivity index (χ1v) is 9.19. The third-order valence-electron chi connectivity index (χ3n) is 4.62. The second-order valence-electron chi connectivity index (χ2n) is 6.57. The highest BCUT2D eigenvalue weighted by Crippen LogP contribution is 2.28. The molecular weight excluding hydrogens is 433 g/mol. The van der Waals surface area contributed by atoms with E-state index in [4.69, 9.17) is 11.6 Å². The first kappa shape index (κ1) is 21.8. The smallest absolute Gasteiger partial charge is 0.289 e. The van der Waals surface area contributed by atoms with Gasteiger partial charge in [-0.25, -0.2) is 4.39 Å². The van der Waals surface area contributed by atoms with Gasteiger partial charge in [-0.1, -0.05) is 17.7 Å². The van der Waals surface area contributed by atoms with Crippen molar-refractivity contribution in [2.75, 3.05) is 5.32 Å². The number of hydrogen-bond donors (Lipinski definition) is 1. The zero-order valence-electron chi connectivity index (χ0n) is 16.3. The molecule has 3 aromatic rings. The lowest BCUT2D eigenvalue weighted by molar-refractivity contribution is -0.394. The number of carbonyl (C=O) groups excluding carboxylic acids is 1. The largest absolute Gasteiger partial charge is 0.319 e. The summed E-state index contributed by atoms with van der Waals surface area (Å²) < 4.78 is 15.6. The van der Waals surface area contributed by atoms with E-state index >= 15 is 0 Å². The second-order valence-corrected chi connectivity index (χ2v) is 6.98. The number of rotatable bonds is 6. The molecule has 0 aliphatic rings. The number of amides is 1. The van der Waals surface area contributed by atoms with Crippen molar-refractivity contribution in [3.8, 4) is 0 Å². The quantitative estimate of drug-likeness (QED) is 0.439. The minimum absolute atomic E-state index is 0.00568. The number of aromatic nitrogens is 2. The normalized spacial score (nSPS) is 10.7. The molecule has 0 saturated carbocycles. The molecule has 0 radical (unpaired) electrons. The van der Waals surface area contributed by atoms with E-state index in [1.165, 1.54) is 16.8 Å². The Morgan fingerprint density at radius 2 is 1.90 bits per heavy atom. The standard InChI is InChI=1S/C19H15ClFN5O5/c1-10-18(11(2)24(23-10)9-14-15(20)4-3-5-16(14)21)22-19(27)13-7-6-12(25(28)29)8-17(13)26(30)31/h3-8H,9H2,1-2H3,(H,22,27). The summed E-state index contributed by atoms with van der Waals surface area (Å²) in [6.07, 6.45) is 0. The van der Waals surface area contributed by atoms with Gasteiger partial charge < -0.3 is 5.32 Å². The fourth-order valence-corrected chi connectivity index (χ4v) is 3.25. The van der Waals surface area contributed by atoms with Crippen LogP contribution in [0.4, 0.5) is 21.5 Å². The molecule has 1 amide bonds. The van der Waals surface area contributed by atoms with Crippen LogP contribution in [-0.4, -0.2) is 25.5 Å². The molecule has 0 unspecified atom stereocenters. The zero-order chi connectivity index (χ0) is 22.9. The van der Waals surface area contributed by atoms with Crippen LogP contribution in [0, 0.1) is 39.9 Å². The number of anilines is 1. The minimum atomic E-state index is -0.870. The van der Waals surface area contributed by atoms with Crippen LogP contribution in [0.1, 0.15) is 27.3 Å². The molecule has 0 bridgehead atoms. The highest BCUT2D eigenvalue weighted by Gasteiger charge is 2.26. The lowest BCUT2D eigenvalue weighted by Gasteiger charge is -2.09. The lowest BCUT2D eigenvalue weighted by Crippen LogP contribution is -2.15. The molecule has 0 aliphatic heterocycles. The average molecular weight is 448 g/mol. The van der Waals surface area contributed by atoms with Crippen molar-refractivity contribution in [2.45, 2.75) is 20.4 Å². The van der Waals surface area contributed by atoms with Crippen LogP contribution in [0.25, 0.3) is 0 Å². The van der Waals surface area contributed by atoms with Crippen LogP contribution in [0.3, 0.4) is 0 Å². The number of aryl methyl sites for hydroxylation is 1. The number of benzene rings is 2. The number of nitro benzene ring substituents is 2. The maximum Gasteiger partial charge on any atom is 0.289 e. The average Bonchev–Trinajstić information content (AvgIpc) is 2.97. The summed E-state index contributed by atoms with van der Waals surface area (Å²) in [5.41, 5.74) is -0.196. The van der Waals surface area contributed by atoms with E-state index in [0.29, 0.717) is 11.4 Å². The van der Waals surface area contributed by atoms with Gasteiger partial charge in [0.15, 0.2) is 0 Å². The maximum atomic E-state index is 14.1. The van der Waals surface area contributed by atoms with E-state index in [1.54, 1.807) is 19.9 Å². The number of non-ortho nitro benzene ring substituents is 1. The Bertz CT molecular complexity index is 1210. The number of nitrogens with one attached hydrogen (secondary N) is 1. The highest BCUT2D eigenvalue weighted by molar-refractivity contribution is 6.31. The monoisotopic (exact) mass is 447 g/mol. The Kier molecular flexibility index (Phi) is 5.97. The molecule has 0 aliphatic carbocycles.